The predicted molar refractivity (Wildman–Crippen MR) is 79.5 cm³/mol. The van der Waals surface area contributed by atoms with Crippen molar-refractivity contribution in [2.75, 3.05) is 6.54 Å². The first-order valence-corrected chi connectivity index (χ1v) is 7.72. The van der Waals surface area contributed by atoms with E-state index in [0.717, 1.165) is 12.8 Å². The van der Waals surface area contributed by atoms with Crippen LogP contribution >= 0.6 is 15.9 Å². The third kappa shape index (κ3) is 4.27. The van der Waals surface area contributed by atoms with Gasteiger partial charge >= 0.3 is 5.97 Å². The Morgan fingerprint density at radius 1 is 1.29 bits per heavy atom. The van der Waals surface area contributed by atoms with Crippen molar-refractivity contribution < 1.29 is 19.1 Å². The van der Waals surface area contributed by atoms with Crippen molar-refractivity contribution in [2.45, 2.75) is 25.7 Å². The Kier molecular flexibility index (Phi) is 5.33. The summed E-state index contributed by atoms with van der Waals surface area (Å²) >= 11 is 3.14. The number of benzene rings is 1. The van der Waals surface area contributed by atoms with Gasteiger partial charge in [0.1, 0.15) is 5.82 Å². The maximum atomic E-state index is 13.7. The molecule has 0 heterocycles. The van der Waals surface area contributed by atoms with Gasteiger partial charge in [0.15, 0.2) is 0 Å². The zero-order chi connectivity index (χ0) is 15.4. The molecule has 0 radical (unpaired) electrons. The molecule has 4 nitrogen and oxygen atoms in total. The highest BCUT2D eigenvalue weighted by Gasteiger charge is 2.26. The first kappa shape index (κ1) is 15.9. The molecule has 0 atom stereocenters. The number of carbonyl (C=O) groups excluding carboxylic acids is 1. The average Bonchev–Trinajstić information content (AvgIpc) is 2.45. The number of carboxylic acid groups (broad SMARTS) is 1. The van der Waals surface area contributed by atoms with Crippen LogP contribution in [0.2, 0.25) is 0 Å². The summed E-state index contributed by atoms with van der Waals surface area (Å²) in [7, 11) is 0. The second-order valence-electron chi connectivity index (χ2n) is 5.39. The Balaban J connectivity index is 1.83. The lowest BCUT2D eigenvalue weighted by molar-refractivity contribution is -0.143. The molecule has 1 aromatic carbocycles. The summed E-state index contributed by atoms with van der Waals surface area (Å²) < 4.78 is 14.2. The Morgan fingerprint density at radius 2 is 1.95 bits per heavy atom. The van der Waals surface area contributed by atoms with Crippen LogP contribution in [0.3, 0.4) is 0 Å². The molecule has 0 saturated heterocycles. The van der Waals surface area contributed by atoms with Crippen molar-refractivity contribution in [1.82, 2.24) is 5.32 Å². The van der Waals surface area contributed by atoms with Gasteiger partial charge in [0.2, 0.25) is 0 Å². The largest absolute Gasteiger partial charge is 0.481 e. The van der Waals surface area contributed by atoms with Gasteiger partial charge in [0.05, 0.1) is 11.5 Å². The molecule has 0 aromatic heterocycles. The van der Waals surface area contributed by atoms with Crippen LogP contribution in [0.1, 0.15) is 36.0 Å². The molecule has 0 unspecified atom stereocenters. The van der Waals surface area contributed by atoms with Crippen molar-refractivity contribution in [2.24, 2.45) is 11.8 Å². The lowest BCUT2D eigenvalue weighted by Crippen LogP contribution is -2.32. The highest BCUT2D eigenvalue weighted by molar-refractivity contribution is 9.10. The van der Waals surface area contributed by atoms with E-state index in [2.05, 4.69) is 21.2 Å². The third-order valence-electron chi connectivity index (χ3n) is 3.92. The predicted octanol–water partition coefficient (Wildman–Crippen LogP) is 3.21. The minimum atomic E-state index is -0.741. The van der Waals surface area contributed by atoms with Crippen molar-refractivity contribution in [3.63, 3.8) is 0 Å². The maximum Gasteiger partial charge on any atom is 0.306 e. The van der Waals surface area contributed by atoms with Crippen LogP contribution in [0.5, 0.6) is 0 Å². The molecule has 21 heavy (non-hydrogen) atoms. The Labute approximate surface area is 130 Å². The quantitative estimate of drug-likeness (QED) is 0.869. The highest BCUT2D eigenvalue weighted by atomic mass is 79.9. The highest BCUT2D eigenvalue weighted by Crippen LogP contribution is 2.28. The molecular formula is C15H17BrFNO3. The molecule has 114 valence electrons. The van der Waals surface area contributed by atoms with Crippen LogP contribution in [-0.4, -0.2) is 23.5 Å². The maximum absolute atomic E-state index is 13.7. The minimum absolute atomic E-state index is 0.0254. The molecule has 0 spiro atoms. The van der Waals surface area contributed by atoms with Crippen LogP contribution in [-0.2, 0) is 4.79 Å². The van der Waals surface area contributed by atoms with Crippen LogP contribution in [0, 0.1) is 17.7 Å². The van der Waals surface area contributed by atoms with Gasteiger partial charge < -0.3 is 10.4 Å². The van der Waals surface area contributed by atoms with E-state index < -0.39 is 17.7 Å². The normalized spacial score (nSPS) is 21.8. The number of carbonyl (C=O) groups is 2. The minimum Gasteiger partial charge on any atom is -0.481 e. The van der Waals surface area contributed by atoms with Gasteiger partial charge in [0, 0.05) is 11.0 Å². The van der Waals surface area contributed by atoms with Crippen LogP contribution < -0.4 is 5.32 Å². The second kappa shape index (κ2) is 7.02. The van der Waals surface area contributed by atoms with Gasteiger partial charge in [-0.05, 0) is 49.8 Å². The monoisotopic (exact) mass is 357 g/mol. The van der Waals surface area contributed by atoms with Gasteiger partial charge in [-0.15, -0.1) is 0 Å². The summed E-state index contributed by atoms with van der Waals surface area (Å²) in [5.41, 5.74) is 0.0254. The molecule has 0 aliphatic heterocycles. The number of hydrogen-bond donors (Lipinski definition) is 2. The molecule has 6 heteroatoms. The molecule has 1 saturated carbocycles. The fourth-order valence-corrected chi connectivity index (χ4v) is 2.95. The smallest absolute Gasteiger partial charge is 0.306 e. The molecule has 1 amide bonds. The Morgan fingerprint density at radius 3 is 2.52 bits per heavy atom. The van der Waals surface area contributed by atoms with Gasteiger partial charge in [-0.25, -0.2) is 4.39 Å². The summed E-state index contributed by atoms with van der Waals surface area (Å²) in [6, 6.07) is 4.32. The molecule has 1 aliphatic carbocycles. The summed E-state index contributed by atoms with van der Waals surface area (Å²) in [4.78, 5) is 22.8. The SMILES string of the molecule is O=C(NCC1CCC(C(=O)O)CC1)c1ccc(Br)cc1F. The van der Waals surface area contributed by atoms with E-state index in [9.17, 15) is 14.0 Å². The standard InChI is InChI=1S/C15H17BrFNO3/c16-11-5-6-12(13(17)7-11)14(19)18-8-9-1-3-10(4-2-9)15(20)21/h5-7,9-10H,1-4,8H2,(H,18,19)(H,20,21). The van der Waals surface area contributed by atoms with Crippen molar-refractivity contribution >= 4 is 27.8 Å². The number of aliphatic carboxylic acids is 1. The topological polar surface area (TPSA) is 66.4 Å². The fraction of sp³-hybridized carbons (Fsp3) is 0.467. The lowest BCUT2D eigenvalue weighted by atomic mass is 9.82. The lowest BCUT2D eigenvalue weighted by Gasteiger charge is -2.26. The Bertz CT molecular complexity index is 542. The first-order chi connectivity index (χ1) is 9.97. The number of nitrogens with one attached hydrogen (secondary N) is 1. The van der Waals surface area contributed by atoms with Gasteiger partial charge in [-0.2, -0.15) is 0 Å². The zero-order valence-electron chi connectivity index (χ0n) is 11.4. The fourth-order valence-electron chi connectivity index (χ4n) is 2.62. The van der Waals surface area contributed by atoms with Crippen molar-refractivity contribution in [3.05, 3.63) is 34.1 Å². The van der Waals surface area contributed by atoms with E-state index in [0.29, 0.717) is 23.9 Å². The van der Waals surface area contributed by atoms with E-state index in [4.69, 9.17) is 5.11 Å². The zero-order valence-corrected chi connectivity index (χ0v) is 13.0. The van der Waals surface area contributed by atoms with Gasteiger partial charge in [-0.1, -0.05) is 15.9 Å². The first-order valence-electron chi connectivity index (χ1n) is 6.93. The van der Waals surface area contributed by atoms with Crippen LogP contribution in [0.25, 0.3) is 0 Å². The number of halogens is 2. The average molecular weight is 358 g/mol. The molecule has 0 bridgehead atoms. The summed E-state index contributed by atoms with van der Waals surface area (Å²) in [6.45, 7) is 0.459. The summed E-state index contributed by atoms with van der Waals surface area (Å²) in [6.07, 6.45) is 2.84. The van der Waals surface area contributed by atoms with E-state index in [-0.39, 0.29) is 17.4 Å². The molecule has 2 rings (SSSR count). The third-order valence-corrected chi connectivity index (χ3v) is 4.42. The number of amides is 1. The van der Waals surface area contributed by atoms with Gasteiger partial charge in [0.25, 0.3) is 5.91 Å². The molecule has 1 aromatic rings. The number of hydrogen-bond acceptors (Lipinski definition) is 2. The van der Waals surface area contributed by atoms with E-state index in [1.165, 1.54) is 12.1 Å². The summed E-state index contributed by atoms with van der Waals surface area (Å²) in [5.74, 6) is -1.73. The molecular weight excluding hydrogens is 341 g/mol. The van der Waals surface area contributed by atoms with Gasteiger partial charge in [-0.3, -0.25) is 9.59 Å². The van der Waals surface area contributed by atoms with E-state index in [1.54, 1.807) is 6.07 Å². The van der Waals surface area contributed by atoms with E-state index in [1.807, 2.05) is 0 Å². The van der Waals surface area contributed by atoms with Crippen molar-refractivity contribution in [3.8, 4) is 0 Å². The second-order valence-corrected chi connectivity index (χ2v) is 6.31. The Hall–Kier alpha value is -1.43. The molecule has 1 fully saturated rings. The number of carboxylic acids is 1. The van der Waals surface area contributed by atoms with Crippen molar-refractivity contribution in [1.29, 1.82) is 0 Å². The summed E-state index contributed by atoms with van der Waals surface area (Å²) in [5, 5.41) is 11.7. The van der Waals surface area contributed by atoms with Crippen LogP contribution in [0.4, 0.5) is 4.39 Å². The molecule has 2 N–H and O–H groups in total. The number of rotatable bonds is 4. The molecule has 1 aliphatic rings. The van der Waals surface area contributed by atoms with Crippen LogP contribution in [0.15, 0.2) is 22.7 Å². The van der Waals surface area contributed by atoms with E-state index >= 15 is 0 Å².